The van der Waals surface area contributed by atoms with Gasteiger partial charge in [0, 0.05) is 12.2 Å². The molecular weight excluding hydrogens is 112 g/mol. The van der Waals surface area contributed by atoms with Gasteiger partial charge in [-0.15, -0.1) is 9.77 Å². The molecule has 0 bridgehead atoms. The van der Waals surface area contributed by atoms with Gasteiger partial charge in [-0.25, -0.2) is 0 Å². The highest BCUT2D eigenvalue weighted by Gasteiger charge is 1.87. The number of hydrogen-bond donors (Lipinski definition) is 3. The van der Waals surface area contributed by atoms with E-state index in [1.165, 1.54) is 11.0 Å². The molecule has 0 aromatic carbocycles. The Labute approximate surface area is 44.9 Å². The Balaban J connectivity index is 3.39. The number of aromatic amines is 2. The van der Waals surface area contributed by atoms with Crippen LogP contribution in [0.4, 0.5) is 0 Å². The van der Waals surface area contributed by atoms with E-state index in [9.17, 15) is 0 Å². The van der Waals surface area contributed by atoms with Gasteiger partial charge in [0.2, 0.25) is 6.33 Å². The summed E-state index contributed by atoms with van der Waals surface area (Å²) in [5.74, 6) is 5.19. The number of nitrogens with two attached hydrogens (primary N) is 1. The van der Waals surface area contributed by atoms with Gasteiger partial charge in [0.15, 0.2) is 0 Å². The summed E-state index contributed by atoms with van der Waals surface area (Å²) in [4.78, 5) is 0. The van der Waals surface area contributed by atoms with Gasteiger partial charge < -0.3 is 0 Å². The molecule has 0 fully saturated rings. The second-order valence-corrected chi connectivity index (χ2v) is 1.50. The van der Waals surface area contributed by atoms with Gasteiger partial charge in [-0.2, -0.15) is 5.10 Å². The number of aromatic nitrogens is 3. The molecule has 4 nitrogen and oxygen atoms in total. The molecule has 0 aliphatic rings. The maximum Gasteiger partial charge on any atom is 0.344 e. The van der Waals surface area contributed by atoms with E-state index in [1.54, 1.807) is 0 Å². The molecule has 0 atom stereocenters. The minimum atomic E-state index is 0.486. The van der Waals surface area contributed by atoms with Crippen LogP contribution in [0.25, 0.3) is 0 Å². The Kier molecular flexibility index (Phi) is 0.828. The van der Waals surface area contributed by atoms with Gasteiger partial charge >= 0.3 is 4.77 Å². The van der Waals surface area contributed by atoms with Crippen molar-refractivity contribution in [1.82, 2.24) is 10.2 Å². The standard InChI is InChI=1S/C2H4N4S/c3-6-1-4-5-2(6)7/h1H,3H2,(H,5,7)/p+1. The molecule has 1 rings (SSSR count). The summed E-state index contributed by atoms with van der Waals surface area (Å²) in [6.45, 7) is 0. The highest BCUT2D eigenvalue weighted by atomic mass is 32.1. The van der Waals surface area contributed by atoms with E-state index in [2.05, 4.69) is 22.4 Å². The van der Waals surface area contributed by atoms with Crippen LogP contribution in [-0.4, -0.2) is 10.2 Å². The van der Waals surface area contributed by atoms with Crippen molar-refractivity contribution in [3.63, 3.8) is 0 Å². The molecule has 0 amide bonds. The van der Waals surface area contributed by atoms with E-state index >= 15 is 0 Å². The van der Waals surface area contributed by atoms with Crippen molar-refractivity contribution in [2.24, 2.45) is 0 Å². The van der Waals surface area contributed by atoms with E-state index in [4.69, 9.17) is 5.84 Å². The van der Waals surface area contributed by atoms with Crippen molar-refractivity contribution in [2.45, 2.75) is 0 Å². The van der Waals surface area contributed by atoms with Crippen molar-refractivity contribution in [3.05, 3.63) is 11.1 Å². The SMILES string of the molecule is N[n+]1c[nH][nH]c1=S. The fourth-order valence-corrected chi connectivity index (χ4v) is 0.398. The van der Waals surface area contributed by atoms with Gasteiger partial charge in [0.05, 0.1) is 0 Å². The topological polar surface area (TPSA) is 61.5 Å². The summed E-state index contributed by atoms with van der Waals surface area (Å²) < 4.78 is 1.77. The van der Waals surface area contributed by atoms with E-state index in [0.717, 1.165) is 0 Å². The van der Waals surface area contributed by atoms with Crippen LogP contribution in [0, 0.1) is 4.77 Å². The zero-order chi connectivity index (χ0) is 5.28. The van der Waals surface area contributed by atoms with Crippen molar-refractivity contribution in [2.75, 3.05) is 5.84 Å². The molecule has 4 N–H and O–H groups in total. The smallest absolute Gasteiger partial charge is 0.288 e. The van der Waals surface area contributed by atoms with E-state index < -0.39 is 0 Å². The lowest BCUT2D eigenvalue weighted by Crippen LogP contribution is -2.43. The fourth-order valence-electron chi connectivity index (χ4n) is 0.287. The van der Waals surface area contributed by atoms with Crippen LogP contribution in [0.15, 0.2) is 6.33 Å². The lowest BCUT2D eigenvalue weighted by atomic mass is 11.3. The zero-order valence-electron chi connectivity index (χ0n) is 3.51. The second-order valence-electron chi connectivity index (χ2n) is 1.11. The summed E-state index contributed by atoms with van der Waals surface area (Å²) in [6, 6.07) is 0. The highest BCUT2D eigenvalue weighted by molar-refractivity contribution is 7.71. The third-order valence-electron chi connectivity index (χ3n) is 0.617. The third kappa shape index (κ3) is 0.614. The number of nitrogens with zero attached hydrogens (tertiary/aromatic N) is 1. The van der Waals surface area contributed by atoms with Crippen molar-refractivity contribution in [1.29, 1.82) is 0 Å². The van der Waals surface area contributed by atoms with E-state index in [-0.39, 0.29) is 0 Å². The number of H-pyrrole nitrogens is 2. The number of rotatable bonds is 0. The minimum Gasteiger partial charge on any atom is -0.288 e. The number of hydrogen-bond acceptors (Lipinski definition) is 2. The van der Waals surface area contributed by atoms with E-state index in [1.807, 2.05) is 0 Å². The van der Waals surface area contributed by atoms with Crippen LogP contribution in [0.2, 0.25) is 0 Å². The summed E-state index contributed by atoms with van der Waals surface area (Å²) in [7, 11) is 0. The second kappa shape index (κ2) is 1.34. The molecule has 0 spiro atoms. The van der Waals surface area contributed by atoms with Crippen molar-refractivity contribution < 1.29 is 4.68 Å². The van der Waals surface area contributed by atoms with Crippen LogP contribution in [0.5, 0.6) is 0 Å². The van der Waals surface area contributed by atoms with Crippen molar-refractivity contribution in [3.8, 4) is 0 Å². The molecule has 5 heteroatoms. The highest BCUT2D eigenvalue weighted by Crippen LogP contribution is 1.61. The average Bonchev–Trinajstić information content (AvgIpc) is 1.91. The van der Waals surface area contributed by atoms with Gasteiger partial charge in [-0.05, 0) is 0 Å². The predicted octanol–water partition coefficient (Wildman–Crippen LogP) is -0.926. The van der Waals surface area contributed by atoms with Gasteiger partial charge in [0.25, 0.3) is 0 Å². The van der Waals surface area contributed by atoms with Crippen molar-refractivity contribution >= 4 is 12.2 Å². The van der Waals surface area contributed by atoms with Crippen LogP contribution >= 0.6 is 12.2 Å². The van der Waals surface area contributed by atoms with Crippen LogP contribution in [-0.2, 0) is 0 Å². The molecule has 0 aliphatic heterocycles. The average molecular weight is 117 g/mol. The van der Waals surface area contributed by atoms with Gasteiger partial charge in [-0.3, -0.25) is 5.84 Å². The molecule has 1 aromatic rings. The monoisotopic (exact) mass is 117 g/mol. The maximum atomic E-state index is 5.19. The van der Waals surface area contributed by atoms with Crippen LogP contribution < -0.4 is 10.5 Å². The Bertz CT molecular complexity index is 197. The van der Waals surface area contributed by atoms with Crippen LogP contribution in [0.3, 0.4) is 0 Å². The first kappa shape index (κ1) is 4.32. The summed E-state index contributed by atoms with van der Waals surface area (Å²) in [5.41, 5.74) is 0. The molecule has 38 valence electrons. The largest absolute Gasteiger partial charge is 0.344 e. The molecule has 1 aromatic heterocycles. The fraction of sp³-hybridized carbons (Fsp3) is 0. The molecule has 0 aliphatic carbocycles. The first-order chi connectivity index (χ1) is 3.30. The lowest BCUT2D eigenvalue weighted by molar-refractivity contribution is -0.645. The first-order valence-electron chi connectivity index (χ1n) is 1.73. The normalized spacial score (nSPS) is 9.14. The molecule has 0 unspecified atom stereocenters. The molecular formula is C2H5N4S+. The Morgan fingerprint density at radius 1 is 1.86 bits per heavy atom. The third-order valence-corrected chi connectivity index (χ3v) is 0.930. The Morgan fingerprint density at radius 3 is 2.71 bits per heavy atom. The number of nitrogens with one attached hydrogen (secondary N) is 2. The lowest BCUT2D eigenvalue weighted by Gasteiger charge is -1.70. The molecule has 0 radical (unpaired) electrons. The minimum absolute atomic E-state index is 0.486. The first-order valence-corrected chi connectivity index (χ1v) is 2.14. The van der Waals surface area contributed by atoms with Crippen LogP contribution in [0.1, 0.15) is 0 Å². The van der Waals surface area contributed by atoms with Gasteiger partial charge in [0.1, 0.15) is 0 Å². The predicted molar refractivity (Wildman–Crippen MR) is 26.3 cm³/mol. The summed E-state index contributed by atoms with van der Waals surface area (Å²) >= 11 is 4.64. The Morgan fingerprint density at radius 2 is 2.57 bits per heavy atom. The summed E-state index contributed by atoms with van der Waals surface area (Å²) in [5, 5.41) is 5.20. The molecule has 1 heterocycles. The van der Waals surface area contributed by atoms with Gasteiger partial charge in [-0.1, -0.05) is 0 Å². The maximum absolute atomic E-state index is 5.19. The molecule has 0 saturated carbocycles. The number of nitrogen functional groups attached to an aromatic ring is 1. The quantitative estimate of drug-likeness (QED) is 0.234. The van der Waals surface area contributed by atoms with E-state index in [0.29, 0.717) is 4.77 Å². The molecule has 7 heavy (non-hydrogen) atoms. The molecule has 0 saturated heterocycles. The zero-order valence-corrected chi connectivity index (χ0v) is 4.33. The summed E-state index contributed by atoms with van der Waals surface area (Å²) in [6.07, 6.45) is 1.53. The Hall–Kier alpha value is -0.840.